The molecule has 33 heavy (non-hydrogen) atoms. The molecule has 0 radical (unpaired) electrons. The van der Waals surface area contributed by atoms with Crippen LogP contribution < -0.4 is 10.2 Å². The fourth-order valence-electron chi connectivity index (χ4n) is 3.63. The van der Waals surface area contributed by atoms with Gasteiger partial charge in [-0.05, 0) is 23.3 Å². The molecule has 0 saturated carbocycles. The zero-order valence-corrected chi connectivity index (χ0v) is 19.3. The summed E-state index contributed by atoms with van der Waals surface area (Å²) in [6, 6.07) is 16.3. The number of hydrogen-bond acceptors (Lipinski definition) is 7. The van der Waals surface area contributed by atoms with E-state index in [1.54, 1.807) is 12.1 Å². The van der Waals surface area contributed by atoms with Gasteiger partial charge in [0.25, 0.3) is 0 Å². The second-order valence-corrected chi connectivity index (χ2v) is 8.68. The quantitative estimate of drug-likeness (QED) is 0.492. The Bertz CT molecular complexity index is 1010. The van der Waals surface area contributed by atoms with E-state index in [9.17, 15) is 9.18 Å². The van der Waals surface area contributed by atoms with Crippen molar-refractivity contribution < 1.29 is 13.9 Å². The fraction of sp³-hybridized carbons (Fsp3) is 0.375. The number of amides is 1. The molecule has 1 aromatic heterocycles. The summed E-state index contributed by atoms with van der Waals surface area (Å²) in [5.41, 5.74) is 2.05. The van der Waals surface area contributed by atoms with Crippen molar-refractivity contribution >= 4 is 22.6 Å². The van der Waals surface area contributed by atoms with Crippen LogP contribution in [0.2, 0.25) is 0 Å². The van der Waals surface area contributed by atoms with Crippen LogP contribution in [-0.4, -0.2) is 66.0 Å². The number of piperazine rings is 1. The monoisotopic (exact) mass is 469 g/mol. The predicted octanol–water partition coefficient (Wildman–Crippen LogP) is 2.72. The Morgan fingerprint density at radius 3 is 2.55 bits per heavy atom. The highest BCUT2D eigenvalue weighted by molar-refractivity contribution is 7.09. The molecule has 1 amide bonds. The van der Waals surface area contributed by atoms with Gasteiger partial charge in [0.1, 0.15) is 18.2 Å². The lowest BCUT2D eigenvalue weighted by Crippen LogP contribution is -2.48. The number of nitrogens with one attached hydrogen (secondary N) is 1. The van der Waals surface area contributed by atoms with Crippen molar-refractivity contribution in [2.24, 2.45) is 0 Å². The van der Waals surface area contributed by atoms with Crippen molar-refractivity contribution in [3.63, 3.8) is 0 Å². The Hall–Kier alpha value is -2.88. The van der Waals surface area contributed by atoms with Gasteiger partial charge in [-0.15, -0.1) is 0 Å². The maximum absolute atomic E-state index is 13.1. The average Bonchev–Trinajstić information content (AvgIpc) is 3.30. The number of carbonyl (C=O) groups is 1. The summed E-state index contributed by atoms with van der Waals surface area (Å²) in [5.74, 6) is 0.438. The molecule has 0 unspecified atom stereocenters. The van der Waals surface area contributed by atoms with Crippen molar-refractivity contribution in [3.05, 3.63) is 77.4 Å². The molecule has 1 fully saturated rings. The van der Waals surface area contributed by atoms with Crippen LogP contribution in [-0.2, 0) is 22.6 Å². The second-order valence-electron chi connectivity index (χ2n) is 7.95. The standard InChI is InChI=1S/C24H28FN5O2S/c25-21-8-6-19(7-9-21)16-22-27-24(33-28-22)30-14-12-29(13-15-30)11-10-26-23(31)18-32-17-20-4-2-1-3-5-20/h1-9H,10-18H2,(H,26,31). The number of anilines is 1. The lowest BCUT2D eigenvalue weighted by Gasteiger charge is -2.34. The van der Waals surface area contributed by atoms with E-state index in [4.69, 9.17) is 4.74 Å². The Kier molecular flexibility index (Phi) is 8.35. The number of aromatic nitrogens is 2. The van der Waals surface area contributed by atoms with E-state index in [-0.39, 0.29) is 18.3 Å². The van der Waals surface area contributed by atoms with Crippen molar-refractivity contribution in [1.29, 1.82) is 0 Å². The first kappa shape index (κ1) is 23.3. The molecular formula is C24H28FN5O2S. The van der Waals surface area contributed by atoms with Crippen molar-refractivity contribution in [3.8, 4) is 0 Å². The van der Waals surface area contributed by atoms with Crippen molar-refractivity contribution in [1.82, 2.24) is 19.6 Å². The van der Waals surface area contributed by atoms with Gasteiger partial charge in [0, 0.05) is 57.2 Å². The molecule has 2 heterocycles. The third kappa shape index (κ3) is 7.31. The Morgan fingerprint density at radius 1 is 1.03 bits per heavy atom. The molecule has 4 rings (SSSR count). The Morgan fingerprint density at radius 2 is 1.79 bits per heavy atom. The first-order chi connectivity index (χ1) is 16.2. The van der Waals surface area contributed by atoms with Crippen LogP contribution in [0.3, 0.4) is 0 Å². The molecule has 7 nitrogen and oxygen atoms in total. The minimum atomic E-state index is -0.237. The third-order valence-corrected chi connectivity index (χ3v) is 6.29. The second kappa shape index (κ2) is 11.8. The lowest BCUT2D eigenvalue weighted by atomic mass is 10.1. The summed E-state index contributed by atoms with van der Waals surface area (Å²) in [4.78, 5) is 21.2. The van der Waals surface area contributed by atoms with E-state index >= 15 is 0 Å². The van der Waals surface area contributed by atoms with Crippen LogP contribution in [0, 0.1) is 5.82 Å². The highest BCUT2D eigenvalue weighted by atomic mass is 32.1. The van der Waals surface area contributed by atoms with Crippen molar-refractivity contribution in [2.75, 3.05) is 50.8 Å². The van der Waals surface area contributed by atoms with Crippen LogP contribution >= 0.6 is 11.5 Å². The first-order valence-corrected chi connectivity index (χ1v) is 11.9. The van der Waals surface area contributed by atoms with Gasteiger partial charge < -0.3 is 15.0 Å². The summed E-state index contributed by atoms with van der Waals surface area (Å²) in [7, 11) is 0. The number of halogens is 1. The van der Waals surface area contributed by atoms with Gasteiger partial charge in [-0.25, -0.2) is 9.37 Å². The summed E-state index contributed by atoms with van der Waals surface area (Å²) < 4.78 is 23.0. The summed E-state index contributed by atoms with van der Waals surface area (Å²) in [6.45, 7) is 5.49. The number of rotatable bonds is 10. The normalized spacial score (nSPS) is 14.4. The van der Waals surface area contributed by atoms with E-state index in [0.717, 1.165) is 54.8 Å². The Balaban J connectivity index is 1.11. The first-order valence-electron chi connectivity index (χ1n) is 11.1. The molecule has 1 aliphatic heterocycles. The molecule has 1 aliphatic rings. The topological polar surface area (TPSA) is 70.6 Å². The highest BCUT2D eigenvalue weighted by Gasteiger charge is 2.20. The summed E-state index contributed by atoms with van der Waals surface area (Å²) >= 11 is 1.41. The van der Waals surface area contributed by atoms with E-state index < -0.39 is 0 Å². The van der Waals surface area contributed by atoms with E-state index in [2.05, 4.69) is 24.5 Å². The molecule has 0 aliphatic carbocycles. The molecule has 9 heteroatoms. The molecule has 1 saturated heterocycles. The lowest BCUT2D eigenvalue weighted by molar-refractivity contribution is -0.126. The molecule has 1 N–H and O–H groups in total. The van der Waals surface area contributed by atoms with Gasteiger partial charge in [0.15, 0.2) is 0 Å². The molecular weight excluding hydrogens is 441 g/mol. The summed E-state index contributed by atoms with van der Waals surface area (Å²) in [6.07, 6.45) is 0.603. The Labute approximate surface area is 197 Å². The van der Waals surface area contributed by atoms with Gasteiger partial charge in [-0.2, -0.15) is 4.37 Å². The molecule has 174 valence electrons. The molecule has 2 aromatic carbocycles. The van der Waals surface area contributed by atoms with E-state index in [1.165, 1.54) is 23.7 Å². The van der Waals surface area contributed by atoms with Crippen LogP contribution in [0.25, 0.3) is 0 Å². The van der Waals surface area contributed by atoms with Crippen LogP contribution in [0.4, 0.5) is 9.52 Å². The molecule has 0 spiro atoms. The van der Waals surface area contributed by atoms with Gasteiger partial charge in [0.2, 0.25) is 11.0 Å². The van der Waals surface area contributed by atoms with E-state index in [1.807, 2.05) is 30.3 Å². The SMILES string of the molecule is O=C(COCc1ccccc1)NCCN1CCN(c2nc(Cc3ccc(F)cc3)ns2)CC1. The summed E-state index contributed by atoms with van der Waals surface area (Å²) in [5, 5.41) is 3.85. The number of ether oxygens (including phenoxy) is 1. The van der Waals surface area contributed by atoms with Gasteiger partial charge in [-0.3, -0.25) is 9.69 Å². The predicted molar refractivity (Wildman–Crippen MR) is 127 cm³/mol. The van der Waals surface area contributed by atoms with Gasteiger partial charge in [-0.1, -0.05) is 42.5 Å². The van der Waals surface area contributed by atoms with Crippen LogP contribution in [0.15, 0.2) is 54.6 Å². The zero-order chi connectivity index (χ0) is 22.9. The van der Waals surface area contributed by atoms with Crippen LogP contribution in [0.1, 0.15) is 17.0 Å². The molecule has 0 atom stereocenters. The van der Waals surface area contributed by atoms with Gasteiger partial charge in [0.05, 0.1) is 6.61 Å². The smallest absolute Gasteiger partial charge is 0.246 e. The zero-order valence-electron chi connectivity index (χ0n) is 18.5. The maximum Gasteiger partial charge on any atom is 0.246 e. The average molecular weight is 470 g/mol. The number of benzene rings is 2. The largest absolute Gasteiger partial charge is 0.367 e. The molecule has 0 bridgehead atoms. The number of nitrogens with zero attached hydrogens (tertiary/aromatic N) is 4. The minimum Gasteiger partial charge on any atom is -0.367 e. The van der Waals surface area contributed by atoms with Gasteiger partial charge >= 0.3 is 0 Å². The maximum atomic E-state index is 13.1. The third-order valence-electron chi connectivity index (χ3n) is 5.47. The molecule has 3 aromatic rings. The minimum absolute atomic E-state index is 0.0694. The van der Waals surface area contributed by atoms with Crippen LogP contribution in [0.5, 0.6) is 0 Å². The fourth-order valence-corrected chi connectivity index (χ4v) is 4.37. The van der Waals surface area contributed by atoms with Crippen molar-refractivity contribution in [2.45, 2.75) is 13.0 Å². The highest BCUT2D eigenvalue weighted by Crippen LogP contribution is 2.20. The number of carbonyl (C=O) groups excluding carboxylic acids is 1. The number of hydrogen-bond donors (Lipinski definition) is 1. The van der Waals surface area contributed by atoms with E-state index in [0.29, 0.717) is 19.6 Å².